The Labute approximate surface area is 114 Å². The highest BCUT2D eigenvalue weighted by molar-refractivity contribution is 5.17. The molecule has 0 bridgehead atoms. The van der Waals surface area contributed by atoms with Crippen LogP contribution in [0.5, 0.6) is 0 Å². The summed E-state index contributed by atoms with van der Waals surface area (Å²) in [6.45, 7) is 5.15. The van der Waals surface area contributed by atoms with Crippen molar-refractivity contribution >= 4 is 0 Å². The molecule has 0 fully saturated rings. The summed E-state index contributed by atoms with van der Waals surface area (Å²) in [6.07, 6.45) is 7.15. The van der Waals surface area contributed by atoms with Crippen molar-refractivity contribution in [1.29, 1.82) is 0 Å². The zero-order valence-corrected chi connectivity index (χ0v) is 11.8. The van der Waals surface area contributed by atoms with E-state index in [1.54, 1.807) is 6.33 Å². The average Bonchev–Trinajstić information content (AvgIpc) is 2.87. The fourth-order valence-electron chi connectivity index (χ4n) is 2.21. The minimum Gasteiger partial charge on any atom is -0.313 e. The average molecular weight is 259 g/mol. The normalized spacial score (nSPS) is 12.6. The predicted molar refractivity (Wildman–Crippen MR) is 74.8 cm³/mol. The number of aromatic nitrogens is 4. The molecular weight excluding hydrogens is 238 g/mol. The van der Waals surface area contributed by atoms with E-state index in [1.807, 2.05) is 19.4 Å². The Morgan fingerprint density at radius 3 is 2.58 bits per heavy atom. The molecule has 0 radical (unpaired) electrons. The van der Waals surface area contributed by atoms with E-state index in [0.717, 1.165) is 30.6 Å². The van der Waals surface area contributed by atoms with Crippen molar-refractivity contribution < 1.29 is 0 Å². The first kappa shape index (κ1) is 13.7. The van der Waals surface area contributed by atoms with E-state index in [1.165, 1.54) is 5.69 Å². The van der Waals surface area contributed by atoms with E-state index in [-0.39, 0.29) is 6.04 Å². The highest BCUT2D eigenvalue weighted by atomic mass is 15.3. The lowest BCUT2D eigenvalue weighted by Gasteiger charge is -2.16. The van der Waals surface area contributed by atoms with Gasteiger partial charge in [0, 0.05) is 42.7 Å². The molecule has 0 aliphatic heterocycles. The second kappa shape index (κ2) is 6.43. The van der Waals surface area contributed by atoms with Crippen LogP contribution in [0.3, 0.4) is 0 Å². The van der Waals surface area contributed by atoms with E-state index in [4.69, 9.17) is 0 Å². The molecular formula is C14H21N5. The smallest absolute Gasteiger partial charge is 0.115 e. The van der Waals surface area contributed by atoms with Gasteiger partial charge in [-0.2, -0.15) is 5.10 Å². The van der Waals surface area contributed by atoms with E-state index in [9.17, 15) is 0 Å². The fourth-order valence-corrected chi connectivity index (χ4v) is 2.21. The topological polar surface area (TPSA) is 55.6 Å². The Hall–Kier alpha value is -1.75. The SMILES string of the molecule is CCc1cc(CC(NC)c2cncnc2)n(CC)n1. The molecule has 102 valence electrons. The van der Waals surface area contributed by atoms with E-state index < -0.39 is 0 Å². The molecule has 1 atom stereocenters. The number of nitrogens with zero attached hydrogens (tertiary/aromatic N) is 4. The van der Waals surface area contributed by atoms with Crippen LogP contribution in [0.2, 0.25) is 0 Å². The first-order valence-electron chi connectivity index (χ1n) is 6.76. The van der Waals surface area contributed by atoms with Gasteiger partial charge in [0.25, 0.3) is 0 Å². The summed E-state index contributed by atoms with van der Waals surface area (Å²) < 4.78 is 2.08. The molecule has 0 saturated heterocycles. The molecule has 2 aromatic heterocycles. The quantitative estimate of drug-likeness (QED) is 0.859. The van der Waals surface area contributed by atoms with Gasteiger partial charge in [-0.25, -0.2) is 9.97 Å². The largest absolute Gasteiger partial charge is 0.313 e. The number of nitrogens with one attached hydrogen (secondary N) is 1. The summed E-state index contributed by atoms with van der Waals surface area (Å²) in [5.41, 5.74) is 3.51. The molecule has 0 aliphatic rings. The van der Waals surface area contributed by atoms with Crippen molar-refractivity contribution in [3.05, 3.63) is 41.7 Å². The summed E-state index contributed by atoms with van der Waals surface area (Å²) in [6, 6.07) is 2.41. The molecule has 1 unspecified atom stereocenters. The summed E-state index contributed by atoms with van der Waals surface area (Å²) in [4.78, 5) is 8.17. The van der Waals surface area contributed by atoms with Gasteiger partial charge in [0.15, 0.2) is 0 Å². The molecule has 5 nitrogen and oxygen atoms in total. The predicted octanol–water partition coefficient (Wildman–Crippen LogP) is 1.76. The van der Waals surface area contributed by atoms with Crippen molar-refractivity contribution in [2.24, 2.45) is 0 Å². The van der Waals surface area contributed by atoms with Gasteiger partial charge in [0.05, 0.1) is 5.69 Å². The molecule has 0 aliphatic carbocycles. The van der Waals surface area contributed by atoms with Crippen LogP contribution in [0.4, 0.5) is 0 Å². The van der Waals surface area contributed by atoms with Crippen LogP contribution in [0.25, 0.3) is 0 Å². The molecule has 0 spiro atoms. The minimum absolute atomic E-state index is 0.216. The van der Waals surface area contributed by atoms with Crippen molar-refractivity contribution in [2.45, 2.75) is 39.3 Å². The lowest BCUT2D eigenvalue weighted by atomic mass is 10.1. The van der Waals surface area contributed by atoms with Gasteiger partial charge in [-0.15, -0.1) is 0 Å². The third-order valence-electron chi connectivity index (χ3n) is 3.32. The Morgan fingerprint density at radius 1 is 1.26 bits per heavy atom. The van der Waals surface area contributed by atoms with E-state index in [2.05, 4.69) is 45.0 Å². The third-order valence-corrected chi connectivity index (χ3v) is 3.32. The van der Waals surface area contributed by atoms with E-state index in [0.29, 0.717) is 0 Å². The van der Waals surface area contributed by atoms with Crippen molar-refractivity contribution in [3.63, 3.8) is 0 Å². The summed E-state index contributed by atoms with van der Waals surface area (Å²) in [5.74, 6) is 0. The lowest BCUT2D eigenvalue weighted by molar-refractivity contribution is 0.538. The van der Waals surface area contributed by atoms with Gasteiger partial charge < -0.3 is 5.32 Å². The highest BCUT2D eigenvalue weighted by Gasteiger charge is 2.14. The molecule has 5 heteroatoms. The van der Waals surface area contributed by atoms with Crippen LogP contribution in [0.1, 0.15) is 36.8 Å². The van der Waals surface area contributed by atoms with Gasteiger partial charge in [-0.1, -0.05) is 6.92 Å². The van der Waals surface area contributed by atoms with Crippen LogP contribution in [0, 0.1) is 0 Å². The molecule has 2 heterocycles. The maximum atomic E-state index is 4.59. The van der Waals surface area contributed by atoms with Gasteiger partial charge in [0.1, 0.15) is 6.33 Å². The monoisotopic (exact) mass is 259 g/mol. The van der Waals surface area contributed by atoms with Crippen molar-refractivity contribution in [2.75, 3.05) is 7.05 Å². The standard InChI is InChI=1S/C14H21N5/c1-4-12-6-13(19(5-2)18-12)7-14(15-3)11-8-16-10-17-9-11/h6,8-10,14-15H,4-5,7H2,1-3H3. The maximum absolute atomic E-state index is 4.59. The van der Waals surface area contributed by atoms with Gasteiger partial charge in [-0.05, 0) is 26.5 Å². The van der Waals surface area contributed by atoms with Crippen molar-refractivity contribution in [3.8, 4) is 0 Å². The second-order valence-electron chi connectivity index (χ2n) is 4.51. The highest BCUT2D eigenvalue weighted by Crippen LogP contribution is 2.17. The molecule has 2 rings (SSSR count). The Balaban J connectivity index is 2.21. The number of likely N-dealkylation sites (N-methyl/N-ethyl adjacent to an activating group) is 1. The van der Waals surface area contributed by atoms with Gasteiger partial charge in [0.2, 0.25) is 0 Å². The number of hydrogen-bond acceptors (Lipinski definition) is 4. The van der Waals surface area contributed by atoms with E-state index >= 15 is 0 Å². The summed E-state index contributed by atoms with van der Waals surface area (Å²) >= 11 is 0. The fraction of sp³-hybridized carbons (Fsp3) is 0.500. The number of rotatable bonds is 6. The van der Waals surface area contributed by atoms with Crippen LogP contribution in [-0.2, 0) is 19.4 Å². The molecule has 19 heavy (non-hydrogen) atoms. The van der Waals surface area contributed by atoms with Crippen LogP contribution in [-0.4, -0.2) is 26.8 Å². The molecule has 1 N–H and O–H groups in total. The Kier molecular flexibility index (Phi) is 4.63. The molecule has 0 amide bonds. The number of aryl methyl sites for hydroxylation is 2. The second-order valence-corrected chi connectivity index (χ2v) is 4.51. The van der Waals surface area contributed by atoms with Gasteiger partial charge in [-0.3, -0.25) is 4.68 Å². The maximum Gasteiger partial charge on any atom is 0.115 e. The third kappa shape index (κ3) is 3.17. The summed E-state index contributed by atoms with van der Waals surface area (Å²) in [5, 5.41) is 7.91. The Bertz CT molecular complexity index is 506. The molecule has 0 aromatic carbocycles. The van der Waals surface area contributed by atoms with Crippen LogP contribution in [0.15, 0.2) is 24.8 Å². The zero-order valence-electron chi connectivity index (χ0n) is 11.8. The summed E-state index contributed by atoms with van der Waals surface area (Å²) in [7, 11) is 1.96. The molecule has 0 saturated carbocycles. The van der Waals surface area contributed by atoms with Crippen LogP contribution >= 0.6 is 0 Å². The van der Waals surface area contributed by atoms with Crippen LogP contribution < -0.4 is 5.32 Å². The Morgan fingerprint density at radius 2 is 2.00 bits per heavy atom. The molecule has 2 aromatic rings. The first-order chi connectivity index (χ1) is 9.28. The van der Waals surface area contributed by atoms with Gasteiger partial charge >= 0.3 is 0 Å². The first-order valence-corrected chi connectivity index (χ1v) is 6.76. The number of hydrogen-bond donors (Lipinski definition) is 1. The van der Waals surface area contributed by atoms with Crippen molar-refractivity contribution in [1.82, 2.24) is 25.1 Å². The lowest BCUT2D eigenvalue weighted by Crippen LogP contribution is -2.20. The minimum atomic E-state index is 0.216. The zero-order chi connectivity index (χ0) is 13.7.